The van der Waals surface area contributed by atoms with Gasteiger partial charge < -0.3 is 0 Å². The SMILES string of the molecule is Cc1ccc(CCc2cnc3c(C)nc4cc(C)ccc4c3c2)c(C)c1. The Morgan fingerprint density at radius 1 is 0.769 bits per heavy atom. The third-order valence-corrected chi connectivity index (χ3v) is 5.20. The van der Waals surface area contributed by atoms with Crippen LogP contribution in [0.3, 0.4) is 0 Å². The number of benzene rings is 2. The molecule has 2 nitrogen and oxygen atoms in total. The van der Waals surface area contributed by atoms with Gasteiger partial charge in [-0.05, 0) is 74.9 Å². The molecule has 0 saturated heterocycles. The van der Waals surface area contributed by atoms with Gasteiger partial charge in [-0.2, -0.15) is 0 Å². The summed E-state index contributed by atoms with van der Waals surface area (Å²) in [5, 5.41) is 2.41. The summed E-state index contributed by atoms with van der Waals surface area (Å²) in [7, 11) is 0. The largest absolute Gasteiger partial charge is 0.254 e. The Bertz CT molecular complexity index is 1130. The number of pyridine rings is 2. The van der Waals surface area contributed by atoms with E-state index < -0.39 is 0 Å². The van der Waals surface area contributed by atoms with Crippen LogP contribution in [0.4, 0.5) is 0 Å². The number of rotatable bonds is 3. The van der Waals surface area contributed by atoms with Crippen LogP contribution in [-0.2, 0) is 12.8 Å². The molecule has 0 unspecified atom stereocenters. The number of hydrogen-bond donors (Lipinski definition) is 0. The van der Waals surface area contributed by atoms with Crippen molar-refractivity contribution in [1.29, 1.82) is 0 Å². The second-order valence-corrected chi connectivity index (χ2v) is 7.39. The minimum Gasteiger partial charge on any atom is -0.254 e. The highest BCUT2D eigenvalue weighted by atomic mass is 14.8. The van der Waals surface area contributed by atoms with Crippen molar-refractivity contribution in [2.24, 2.45) is 0 Å². The van der Waals surface area contributed by atoms with Crippen molar-refractivity contribution in [1.82, 2.24) is 9.97 Å². The molecule has 2 aromatic heterocycles. The zero-order valence-corrected chi connectivity index (χ0v) is 15.9. The Labute approximate surface area is 154 Å². The molecule has 0 fully saturated rings. The lowest BCUT2D eigenvalue weighted by Crippen LogP contribution is -1.97. The number of nitrogens with zero attached hydrogens (tertiary/aromatic N) is 2. The summed E-state index contributed by atoms with van der Waals surface area (Å²) in [4.78, 5) is 9.48. The molecule has 0 aliphatic rings. The standard InChI is InChI=1S/C24H24N2/c1-15-5-8-20(17(3)11-15)9-7-19-13-22-21-10-6-16(2)12-23(21)26-18(4)24(22)25-14-19/h5-6,8,10-14H,7,9H2,1-4H3. The molecule has 0 radical (unpaired) electrons. The number of aromatic nitrogens is 2. The molecule has 2 heterocycles. The minimum absolute atomic E-state index is 0.999. The van der Waals surface area contributed by atoms with Crippen LogP contribution in [0, 0.1) is 27.7 Å². The molecule has 2 aromatic carbocycles. The normalized spacial score (nSPS) is 11.4. The maximum Gasteiger partial charge on any atom is 0.0921 e. The van der Waals surface area contributed by atoms with Gasteiger partial charge in [0.05, 0.1) is 16.7 Å². The Balaban J connectivity index is 1.73. The molecule has 0 spiro atoms. The van der Waals surface area contributed by atoms with Crippen molar-refractivity contribution < 1.29 is 0 Å². The quantitative estimate of drug-likeness (QED) is 0.440. The van der Waals surface area contributed by atoms with E-state index in [0.717, 1.165) is 29.6 Å². The summed E-state index contributed by atoms with van der Waals surface area (Å²) >= 11 is 0. The molecule has 4 rings (SSSR count). The molecular weight excluding hydrogens is 316 g/mol. The highest BCUT2D eigenvalue weighted by Gasteiger charge is 2.09. The van der Waals surface area contributed by atoms with E-state index in [2.05, 4.69) is 63.2 Å². The monoisotopic (exact) mass is 340 g/mol. The lowest BCUT2D eigenvalue weighted by atomic mass is 9.98. The molecule has 2 heteroatoms. The van der Waals surface area contributed by atoms with E-state index >= 15 is 0 Å². The molecule has 0 N–H and O–H groups in total. The van der Waals surface area contributed by atoms with Gasteiger partial charge in [-0.25, -0.2) is 0 Å². The minimum atomic E-state index is 0.999. The number of hydrogen-bond acceptors (Lipinski definition) is 2. The number of fused-ring (bicyclic) bond motifs is 3. The van der Waals surface area contributed by atoms with Crippen LogP contribution < -0.4 is 0 Å². The lowest BCUT2D eigenvalue weighted by Gasteiger charge is -2.10. The summed E-state index contributed by atoms with van der Waals surface area (Å²) in [6, 6.07) is 15.5. The van der Waals surface area contributed by atoms with E-state index in [9.17, 15) is 0 Å². The van der Waals surface area contributed by atoms with Crippen LogP contribution in [0.15, 0.2) is 48.7 Å². The Morgan fingerprint density at radius 2 is 1.54 bits per heavy atom. The summed E-state index contributed by atoms with van der Waals surface area (Å²) < 4.78 is 0. The van der Waals surface area contributed by atoms with E-state index in [1.807, 2.05) is 13.1 Å². The van der Waals surface area contributed by atoms with Gasteiger partial charge >= 0.3 is 0 Å². The third kappa shape index (κ3) is 3.08. The van der Waals surface area contributed by atoms with Crippen molar-refractivity contribution >= 4 is 21.8 Å². The van der Waals surface area contributed by atoms with Gasteiger partial charge in [0, 0.05) is 17.0 Å². The molecule has 0 aliphatic heterocycles. The van der Waals surface area contributed by atoms with Crippen LogP contribution in [0.25, 0.3) is 21.8 Å². The molecule has 0 aliphatic carbocycles. The van der Waals surface area contributed by atoms with Crippen molar-refractivity contribution in [2.45, 2.75) is 40.5 Å². The highest BCUT2D eigenvalue weighted by molar-refractivity contribution is 6.05. The average molecular weight is 340 g/mol. The van der Waals surface area contributed by atoms with Gasteiger partial charge in [-0.3, -0.25) is 9.97 Å². The van der Waals surface area contributed by atoms with Gasteiger partial charge in [0.2, 0.25) is 0 Å². The third-order valence-electron chi connectivity index (χ3n) is 5.20. The zero-order chi connectivity index (χ0) is 18.3. The molecule has 0 amide bonds. The predicted octanol–water partition coefficient (Wildman–Crippen LogP) is 5.80. The Kier molecular flexibility index (Phi) is 4.20. The molecule has 130 valence electrons. The van der Waals surface area contributed by atoms with Crippen LogP contribution in [0.2, 0.25) is 0 Å². The maximum absolute atomic E-state index is 4.75. The zero-order valence-electron chi connectivity index (χ0n) is 15.9. The summed E-state index contributed by atoms with van der Waals surface area (Å²) in [5.41, 5.74) is 9.71. The Hall–Kier alpha value is -2.74. The fraction of sp³-hybridized carbons (Fsp3) is 0.250. The number of aryl methyl sites for hydroxylation is 6. The van der Waals surface area contributed by atoms with Crippen LogP contribution in [-0.4, -0.2) is 9.97 Å². The molecule has 0 bridgehead atoms. The van der Waals surface area contributed by atoms with Gasteiger partial charge in [-0.1, -0.05) is 35.9 Å². The van der Waals surface area contributed by atoms with Crippen LogP contribution in [0.1, 0.15) is 33.5 Å². The molecule has 0 atom stereocenters. The fourth-order valence-electron chi connectivity index (χ4n) is 3.74. The summed E-state index contributed by atoms with van der Waals surface area (Å²) in [6.07, 6.45) is 4.06. The molecule has 4 aromatic rings. The summed E-state index contributed by atoms with van der Waals surface area (Å²) in [5.74, 6) is 0. The van der Waals surface area contributed by atoms with Crippen molar-refractivity contribution in [3.05, 3.63) is 82.2 Å². The Morgan fingerprint density at radius 3 is 2.35 bits per heavy atom. The lowest BCUT2D eigenvalue weighted by molar-refractivity contribution is 0.942. The second kappa shape index (κ2) is 6.53. The van der Waals surface area contributed by atoms with Crippen molar-refractivity contribution in [2.75, 3.05) is 0 Å². The van der Waals surface area contributed by atoms with Crippen molar-refractivity contribution in [3.63, 3.8) is 0 Å². The van der Waals surface area contributed by atoms with E-state index in [1.54, 1.807) is 0 Å². The first-order valence-corrected chi connectivity index (χ1v) is 9.23. The molecular formula is C24H24N2. The second-order valence-electron chi connectivity index (χ2n) is 7.39. The first-order chi connectivity index (χ1) is 12.5. The first-order valence-electron chi connectivity index (χ1n) is 9.23. The topological polar surface area (TPSA) is 25.8 Å². The van der Waals surface area contributed by atoms with E-state index in [0.29, 0.717) is 0 Å². The van der Waals surface area contributed by atoms with Gasteiger partial charge in [0.15, 0.2) is 0 Å². The predicted molar refractivity (Wildman–Crippen MR) is 110 cm³/mol. The van der Waals surface area contributed by atoms with Crippen LogP contribution in [0.5, 0.6) is 0 Å². The van der Waals surface area contributed by atoms with Gasteiger partial charge in [0.25, 0.3) is 0 Å². The van der Waals surface area contributed by atoms with Crippen LogP contribution >= 0.6 is 0 Å². The fourth-order valence-corrected chi connectivity index (χ4v) is 3.74. The van der Waals surface area contributed by atoms with E-state index in [4.69, 9.17) is 9.97 Å². The summed E-state index contributed by atoms with van der Waals surface area (Å²) in [6.45, 7) is 8.50. The van der Waals surface area contributed by atoms with Gasteiger partial charge in [0.1, 0.15) is 0 Å². The van der Waals surface area contributed by atoms with Crippen molar-refractivity contribution in [3.8, 4) is 0 Å². The highest BCUT2D eigenvalue weighted by Crippen LogP contribution is 2.27. The smallest absolute Gasteiger partial charge is 0.0921 e. The van der Waals surface area contributed by atoms with E-state index in [-0.39, 0.29) is 0 Å². The first kappa shape index (κ1) is 16.7. The van der Waals surface area contributed by atoms with Gasteiger partial charge in [-0.15, -0.1) is 0 Å². The average Bonchev–Trinajstić information content (AvgIpc) is 2.60. The van der Waals surface area contributed by atoms with E-state index in [1.165, 1.54) is 38.6 Å². The molecule has 26 heavy (non-hydrogen) atoms. The maximum atomic E-state index is 4.75. The molecule has 0 saturated carbocycles.